The number of thiazole rings is 1. The van der Waals surface area contributed by atoms with E-state index in [0.29, 0.717) is 13.0 Å². The Morgan fingerprint density at radius 3 is 3.20 bits per heavy atom. The lowest BCUT2D eigenvalue weighted by molar-refractivity contribution is -0.151. The lowest BCUT2D eigenvalue weighted by Crippen LogP contribution is -2.29. The molecule has 1 aromatic heterocycles. The summed E-state index contributed by atoms with van der Waals surface area (Å²) in [6, 6.07) is 0. The average molecular weight is 230 g/mol. The molecule has 0 aliphatic rings. The topological polar surface area (TPSA) is 80.5 Å². The SMILES string of the molecule is CN(CCC(=O)ONN)Cc1cscn1. The first kappa shape index (κ1) is 12.1. The summed E-state index contributed by atoms with van der Waals surface area (Å²) < 4.78 is 0. The highest BCUT2D eigenvalue weighted by Crippen LogP contribution is 2.04. The molecule has 0 amide bonds. The Morgan fingerprint density at radius 1 is 1.80 bits per heavy atom. The Hall–Kier alpha value is -1.02. The third-order valence-corrected chi connectivity index (χ3v) is 2.42. The summed E-state index contributed by atoms with van der Waals surface area (Å²) in [6.07, 6.45) is 0.296. The van der Waals surface area contributed by atoms with Crippen molar-refractivity contribution in [3.05, 3.63) is 16.6 Å². The molecule has 15 heavy (non-hydrogen) atoms. The Bertz CT molecular complexity index is 291. The quantitative estimate of drug-likeness (QED) is 0.524. The van der Waals surface area contributed by atoms with Crippen molar-refractivity contribution in [2.45, 2.75) is 13.0 Å². The van der Waals surface area contributed by atoms with Gasteiger partial charge in [0.05, 0.1) is 17.6 Å². The molecule has 0 fully saturated rings. The first-order valence-electron chi connectivity index (χ1n) is 4.43. The normalized spacial score (nSPS) is 10.6. The van der Waals surface area contributed by atoms with E-state index in [2.05, 4.69) is 9.82 Å². The van der Waals surface area contributed by atoms with Gasteiger partial charge in [-0.1, -0.05) is 5.59 Å². The van der Waals surface area contributed by atoms with E-state index in [1.165, 1.54) is 0 Å². The molecule has 0 aliphatic carbocycles. The molecule has 0 aromatic carbocycles. The van der Waals surface area contributed by atoms with E-state index in [4.69, 9.17) is 5.84 Å². The smallest absolute Gasteiger partial charge is 0.327 e. The van der Waals surface area contributed by atoms with Gasteiger partial charge >= 0.3 is 5.97 Å². The van der Waals surface area contributed by atoms with Crippen molar-refractivity contribution in [1.82, 2.24) is 15.5 Å². The molecule has 0 aliphatic heterocycles. The minimum atomic E-state index is -0.373. The summed E-state index contributed by atoms with van der Waals surface area (Å²) >= 11 is 1.56. The van der Waals surface area contributed by atoms with Crippen molar-refractivity contribution in [2.24, 2.45) is 5.84 Å². The highest BCUT2D eigenvalue weighted by Gasteiger charge is 2.06. The zero-order valence-corrected chi connectivity index (χ0v) is 9.29. The Balaban J connectivity index is 2.19. The van der Waals surface area contributed by atoms with Crippen molar-refractivity contribution in [3.8, 4) is 0 Å². The Morgan fingerprint density at radius 2 is 2.60 bits per heavy atom. The van der Waals surface area contributed by atoms with Crippen LogP contribution in [0.2, 0.25) is 0 Å². The number of hydrogen-bond donors (Lipinski definition) is 2. The molecule has 0 radical (unpaired) electrons. The minimum Gasteiger partial charge on any atom is -0.356 e. The largest absolute Gasteiger partial charge is 0.356 e. The maximum Gasteiger partial charge on any atom is 0.327 e. The third kappa shape index (κ3) is 4.84. The molecule has 0 saturated heterocycles. The van der Waals surface area contributed by atoms with Gasteiger partial charge in [-0.05, 0) is 7.05 Å². The number of rotatable bonds is 6. The molecular weight excluding hydrogens is 216 g/mol. The van der Waals surface area contributed by atoms with E-state index < -0.39 is 0 Å². The second kappa shape index (κ2) is 6.46. The van der Waals surface area contributed by atoms with Crippen LogP contribution in [0.15, 0.2) is 10.9 Å². The number of hydrazine groups is 1. The van der Waals surface area contributed by atoms with Gasteiger partial charge in [0.2, 0.25) is 0 Å². The summed E-state index contributed by atoms with van der Waals surface area (Å²) in [5, 5.41) is 1.98. The van der Waals surface area contributed by atoms with Crippen LogP contribution in [-0.2, 0) is 16.2 Å². The predicted octanol–water partition coefficient (Wildman–Crippen LogP) is -0.113. The first-order valence-corrected chi connectivity index (χ1v) is 5.37. The molecule has 6 nitrogen and oxygen atoms in total. The molecule has 0 spiro atoms. The van der Waals surface area contributed by atoms with Crippen LogP contribution in [0.4, 0.5) is 0 Å². The minimum absolute atomic E-state index is 0.296. The van der Waals surface area contributed by atoms with Crippen molar-refractivity contribution in [2.75, 3.05) is 13.6 Å². The fraction of sp³-hybridized carbons (Fsp3) is 0.500. The van der Waals surface area contributed by atoms with Crippen LogP contribution in [0.3, 0.4) is 0 Å². The van der Waals surface area contributed by atoms with Gasteiger partial charge in [-0.2, -0.15) is 0 Å². The Labute approximate surface area is 92.0 Å². The molecular formula is C8H14N4O2S. The summed E-state index contributed by atoms with van der Waals surface area (Å²) in [5.74, 6) is 4.46. The van der Waals surface area contributed by atoms with Gasteiger partial charge < -0.3 is 4.84 Å². The number of nitrogens with one attached hydrogen (secondary N) is 1. The maximum atomic E-state index is 10.9. The van der Waals surface area contributed by atoms with Gasteiger partial charge in [-0.3, -0.25) is 9.69 Å². The lowest BCUT2D eigenvalue weighted by Gasteiger charge is -2.13. The summed E-state index contributed by atoms with van der Waals surface area (Å²) in [6.45, 7) is 1.34. The van der Waals surface area contributed by atoms with E-state index in [9.17, 15) is 4.79 Å². The zero-order valence-electron chi connectivity index (χ0n) is 8.47. The molecule has 0 atom stereocenters. The standard InChI is InChI=1S/C8H14N4O2S/c1-12(3-2-8(13)14-11-9)4-7-5-15-6-10-7/h5-6,11H,2-4,9H2,1H3. The van der Waals surface area contributed by atoms with Crippen LogP contribution >= 0.6 is 11.3 Å². The molecule has 7 heteroatoms. The van der Waals surface area contributed by atoms with Gasteiger partial charge in [0.1, 0.15) is 0 Å². The van der Waals surface area contributed by atoms with E-state index >= 15 is 0 Å². The van der Waals surface area contributed by atoms with Crippen LogP contribution < -0.4 is 11.4 Å². The van der Waals surface area contributed by atoms with Crippen LogP contribution in [0.5, 0.6) is 0 Å². The highest BCUT2D eigenvalue weighted by molar-refractivity contribution is 7.07. The van der Waals surface area contributed by atoms with E-state index in [1.807, 2.05) is 22.9 Å². The number of nitrogens with two attached hydrogens (primary N) is 1. The van der Waals surface area contributed by atoms with E-state index in [0.717, 1.165) is 12.2 Å². The molecule has 84 valence electrons. The number of aromatic nitrogens is 1. The third-order valence-electron chi connectivity index (χ3n) is 1.79. The van der Waals surface area contributed by atoms with E-state index in [1.54, 1.807) is 16.8 Å². The number of carbonyl (C=O) groups excluding carboxylic acids is 1. The molecule has 1 heterocycles. The fourth-order valence-electron chi connectivity index (χ4n) is 1.07. The summed E-state index contributed by atoms with van der Waals surface area (Å²) in [7, 11) is 1.92. The number of hydrogen-bond acceptors (Lipinski definition) is 7. The zero-order chi connectivity index (χ0) is 11.1. The van der Waals surface area contributed by atoms with Crippen molar-refractivity contribution in [1.29, 1.82) is 0 Å². The summed E-state index contributed by atoms with van der Waals surface area (Å²) in [5.41, 5.74) is 4.65. The van der Waals surface area contributed by atoms with Crippen LogP contribution in [0, 0.1) is 0 Å². The maximum absolute atomic E-state index is 10.9. The highest BCUT2D eigenvalue weighted by atomic mass is 32.1. The van der Waals surface area contributed by atoms with Gasteiger partial charge in [0.25, 0.3) is 0 Å². The van der Waals surface area contributed by atoms with Crippen LogP contribution in [-0.4, -0.2) is 29.4 Å². The summed E-state index contributed by atoms with van der Waals surface area (Å²) in [4.78, 5) is 21.5. The molecule has 0 unspecified atom stereocenters. The van der Waals surface area contributed by atoms with Gasteiger partial charge in [0, 0.05) is 18.5 Å². The van der Waals surface area contributed by atoms with Gasteiger partial charge in [0.15, 0.2) is 0 Å². The lowest BCUT2D eigenvalue weighted by atomic mass is 10.3. The predicted molar refractivity (Wildman–Crippen MR) is 56.5 cm³/mol. The van der Waals surface area contributed by atoms with Crippen LogP contribution in [0.25, 0.3) is 0 Å². The van der Waals surface area contributed by atoms with E-state index in [-0.39, 0.29) is 5.97 Å². The number of carbonyl (C=O) groups is 1. The monoisotopic (exact) mass is 230 g/mol. The van der Waals surface area contributed by atoms with Crippen LogP contribution in [0.1, 0.15) is 12.1 Å². The van der Waals surface area contributed by atoms with Crippen molar-refractivity contribution < 1.29 is 9.63 Å². The van der Waals surface area contributed by atoms with Gasteiger partial charge in [-0.15, -0.1) is 11.3 Å². The molecule has 1 aromatic rings. The first-order chi connectivity index (χ1) is 7.22. The number of nitrogens with zero attached hydrogens (tertiary/aromatic N) is 2. The average Bonchev–Trinajstić information content (AvgIpc) is 2.68. The molecule has 0 saturated carbocycles. The Kier molecular flexibility index (Phi) is 5.19. The molecule has 3 N–H and O–H groups in total. The fourth-order valence-corrected chi connectivity index (χ4v) is 1.62. The molecule has 1 rings (SSSR count). The van der Waals surface area contributed by atoms with Crippen molar-refractivity contribution >= 4 is 17.3 Å². The van der Waals surface area contributed by atoms with Gasteiger partial charge in [-0.25, -0.2) is 10.8 Å². The second-order valence-electron chi connectivity index (χ2n) is 3.06. The molecule has 0 bridgehead atoms. The van der Waals surface area contributed by atoms with Crippen molar-refractivity contribution in [3.63, 3.8) is 0 Å². The second-order valence-corrected chi connectivity index (χ2v) is 3.78.